The summed E-state index contributed by atoms with van der Waals surface area (Å²) in [6.07, 6.45) is 2.42. The molecule has 1 heterocycles. The van der Waals surface area contributed by atoms with E-state index < -0.39 is 11.9 Å². The maximum atomic E-state index is 11.6. The second kappa shape index (κ2) is 5.01. The predicted molar refractivity (Wildman–Crippen MR) is 78.2 cm³/mol. The Morgan fingerprint density at radius 2 is 2.10 bits per heavy atom. The number of nitrogens with one attached hydrogen (secondary N) is 2. The van der Waals surface area contributed by atoms with Crippen molar-refractivity contribution in [3.8, 4) is 5.75 Å². The molecule has 0 radical (unpaired) electrons. The molecule has 110 valence electrons. The van der Waals surface area contributed by atoms with Gasteiger partial charge in [-0.1, -0.05) is 0 Å². The van der Waals surface area contributed by atoms with Crippen LogP contribution in [-0.4, -0.2) is 23.5 Å². The molecule has 1 fully saturated rings. The highest BCUT2D eigenvalue weighted by Gasteiger charge is 2.22. The fourth-order valence-electron chi connectivity index (χ4n) is 2.24. The van der Waals surface area contributed by atoms with Crippen molar-refractivity contribution in [2.45, 2.75) is 12.8 Å². The first-order valence-corrected chi connectivity index (χ1v) is 6.69. The zero-order valence-electron chi connectivity index (χ0n) is 11.3. The molecule has 1 aromatic heterocycles. The maximum absolute atomic E-state index is 11.6. The van der Waals surface area contributed by atoms with Gasteiger partial charge in [-0.2, -0.15) is 0 Å². The normalized spacial score (nSPS) is 14.1. The number of fused-ring (bicyclic) bond motifs is 1. The van der Waals surface area contributed by atoms with Crippen molar-refractivity contribution in [2.75, 3.05) is 11.9 Å². The Balaban J connectivity index is 1.96. The molecule has 1 aromatic carbocycles. The summed E-state index contributed by atoms with van der Waals surface area (Å²) < 4.78 is 5.68. The van der Waals surface area contributed by atoms with Gasteiger partial charge in [-0.15, -0.1) is 0 Å². The molecule has 21 heavy (non-hydrogen) atoms. The Bertz CT molecular complexity index is 718. The summed E-state index contributed by atoms with van der Waals surface area (Å²) in [4.78, 5) is 25.5. The molecule has 0 bridgehead atoms. The van der Waals surface area contributed by atoms with Gasteiger partial charge in [0.2, 0.25) is 0 Å². The molecule has 7 nitrogen and oxygen atoms in total. The SMILES string of the molecule is NC(=O)Nc1[nH]c2cc(OCC3CC3)ccc2c1C(N)=O. The van der Waals surface area contributed by atoms with Crippen molar-refractivity contribution in [2.24, 2.45) is 17.4 Å². The van der Waals surface area contributed by atoms with Crippen LogP contribution in [0.4, 0.5) is 10.6 Å². The lowest BCUT2D eigenvalue weighted by Crippen LogP contribution is -2.22. The Hall–Kier alpha value is -2.70. The number of hydrogen-bond donors (Lipinski definition) is 4. The van der Waals surface area contributed by atoms with E-state index in [0.717, 1.165) is 0 Å². The van der Waals surface area contributed by atoms with Gasteiger partial charge in [-0.3, -0.25) is 10.1 Å². The second-order valence-corrected chi connectivity index (χ2v) is 5.19. The van der Waals surface area contributed by atoms with E-state index in [9.17, 15) is 9.59 Å². The lowest BCUT2D eigenvalue weighted by Gasteiger charge is -2.04. The zero-order chi connectivity index (χ0) is 15.0. The molecule has 6 N–H and O–H groups in total. The summed E-state index contributed by atoms with van der Waals surface area (Å²) in [6, 6.07) is 4.52. The lowest BCUT2D eigenvalue weighted by atomic mass is 10.1. The average Bonchev–Trinajstić information content (AvgIpc) is 3.16. The first kappa shape index (κ1) is 13.3. The average molecular weight is 288 g/mol. The molecular weight excluding hydrogens is 272 g/mol. The number of aromatic nitrogens is 1. The number of amides is 3. The number of primary amides is 2. The molecule has 3 rings (SSSR count). The molecular formula is C14H16N4O3. The minimum Gasteiger partial charge on any atom is -0.493 e. The monoisotopic (exact) mass is 288 g/mol. The number of carbonyl (C=O) groups excluding carboxylic acids is 2. The highest BCUT2D eigenvalue weighted by atomic mass is 16.5. The first-order chi connectivity index (χ1) is 10.0. The van der Waals surface area contributed by atoms with Crippen LogP contribution in [-0.2, 0) is 0 Å². The molecule has 0 spiro atoms. The van der Waals surface area contributed by atoms with Gasteiger partial charge in [-0.25, -0.2) is 4.79 Å². The third-order valence-electron chi connectivity index (χ3n) is 3.45. The second-order valence-electron chi connectivity index (χ2n) is 5.19. The Labute approximate surface area is 120 Å². The summed E-state index contributed by atoms with van der Waals surface area (Å²) in [7, 11) is 0. The fourth-order valence-corrected chi connectivity index (χ4v) is 2.24. The predicted octanol–water partition coefficient (Wildman–Crippen LogP) is 1.55. The summed E-state index contributed by atoms with van der Waals surface area (Å²) in [5, 5.41) is 2.98. The summed E-state index contributed by atoms with van der Waals surface area (Å²) >= 11 is 0. The van der Waals surface area contributed by atoms with E-state index in [2.05, 4.69) is 10.3 Å². The van der Waals surface area contributed by atoms with Gasteiger partial charge in [0, 0.05) is 11.5 Å². The highest BCUT2D eigenvalue weighted by molar-refractivity contribution is 6.13. The number of rotatable bonds is 5. The minimum atomic E-state index is -0.769. The first-order valence-electron chi connectivity index (χ1n) is 6.69. The quantitative estimate of drug-likeness (QED) is 0.667. The topological polar surface area (TPSA) is 123 Å². The summed E-state index contributed by atoms with van der Waals surface area (Å²) in [5.41, 5.74) is 11.3. The maximum Gasteiger partial charge on any atom is 0.317 e. The minimum absolute atomic E-state index is 0.198. The van der Waals surface area contributed by atoms with Crippen molar-refractivity contribution in [3.63, 3.8) is 0 Å². The number of ether oxygens (including phenoxy) is 1. The highest BCUT2D eigenvalue weighted by Crippen LogP contribution is 2.32. The Kier molecular flexibility index (Phi) is 3.17. The number of anilines is 1. The number of H-pyrrole nitrogens is 1. The van der Waals surface area contributed by atoms with E-state index in [4.69, 9.17) is 16.2 Å². The summed E-state index contributed by atoms with van der Waals surface area (Å²) in [6.45, 7) is 0.696. The van der Waals surface area contributed by atoms with Gasteiger partial charge in [0.25, 0.3) is 5.91 Å². The number of urea groups is 1. The number of benzene rings is 1. The number of nitrogens with two attached hydrogens (primary N) is 2. The van der Waals surface area contributed by atoms with Crippen molar-refractivity contribution in [1.82, 2.24) is 4.98 Å². The molecule has 0 unspecified atom stereocenters. The van der Waals surface area contributed by atoms with Crippen LogP contribution in [0.15, 0.2) is 18.2 Å². The van der Waals surface area contributed by atoms with E-state index in [1.165, 1.54) is 12.8 Å². The molecule has 1 saturated carbocycles. The molecule has 0 saturated heterocycles. The van der Waals surface area contributed by atoms with E-state index in [0.29, 0.717) is 29.2 Å². The molecule has 0 aliphatic heterocycles. The Morgan fingerprint density at radius 1 is 1.33 bits per heavy atom. The molecule has 0 atom stereocenters. The van der Waals surface area contributed by atoms with Crippen LogP contribution in [0.25, 0.3) is 10.9 Å². The van der Waals surface area contributed by atoms with Gasteiger partial charge in [-0.05, 0) is 30.9 Å². The molecule has 1 aliphatic carbocycles. The lowest BCUT2D eigenvalue weighted by molar-refractivity contribution is 0.100. The zero-order valence-corrected chi connectivity index (χ0v) is 11.3. The molecule has 7 heteroatoms. The standard InChI is InChI=1S/C14H16N4O3/c15-12(19)11-9-4-3-8(21-6-7-1-2-7)5-10(9)17-13(11)18-14(16)20/h3-5,7,17H,1-2,6H2,(H2,15,19)(H3,16,18,20). The third-order valence-corrected chi connectivity index (χ3v) is 3.45. The fraction of sp³-hybridized carbons (Fsp3) is 0.286. The molecule has 3 amide bonds. The number of hydrogen-bond acceptors (Lipinski definition) is 3. The van der Waals surface area contributed by atoms with Crippen LogP contribution in [0.1, 0.15) is 23.2 Å². The van der Waals surface area contributed by atoms with Crippen molar-refractivity contribution >= 4 is 28.7 Å². The van der Waals surface area contributed by atoms with E-state index >= 15 is 0 Å². The van der Waals surface area contributed by atoms with E-state index in [1.54, 1.807) is 18.2 Å². The Morgan fingerprint density at radius 3 is 2.71 bits per heavy atom. The van der Waals surface area contributed by atoms with E-state index in [1.807, 2.05) is 0 Å². The van der Waals surface area contributed by atoms with Crippen LogP contribution in [0.2, 0.25) is 0 Å². The van der Waals surface area contributed by atoms with E-state index in [-0.39, 0.29) is 11.4 Å². The van der Waals surface area contributed by atoms with Crippen LogP contribution in [0.3, 0.4) is 0 Å². The van der Waals surface area contributed by atoms with Crippen LogP contribution in [0, 0.1) is 5.92 Å². The van der Waals surface area contributed by atoms with Gasteiger partial charge >= 0.3 is 6.03 Å². The molecule has 1 aliphatic rings. The smallest absolute Gasteiger partial charge is 0.317 e. The van der Waals surface area contributed by atoms with Crippen LogP contribution >= 0.6 is 0 Å². The largest absolute Gasteiger partial charge is 0.493 e. The van der Waals surface area contributed by atoms with Crippen molar-refractivity contribution in [3.05, 3.63) is 23.8 Å². The number of carbonyl (C=O) groups is 2. The van der Waals surface area contributed by atoms with Gasteiger partial charge in [0.1, 0.15) is 11.6 Å². The summed E-state index contributed by atoms with van der Waals surface area (Å²) in [5.74, 6) is 0.913. The van der Waals surface area contributed by atoms with Crippen LogP contribution < -0.4 is 21.5 Å². The number of aromatic amines is 1. The van der Waals surface area contributed by atoms with Gasteiger partial charge in [0.05, 0.1) is 17.7 Å². The van der Waals surface area contributed by atoms with Gasteiger partial charge < -0.3 is 21.2 Å². The van der Waals surface area contributed by atoms with Crippen molar-refractivity contribution in [1.29, 1.82) is 0 Å². The third kappa shape index (κ3) is 2.76. The van der Waals surface area contributed by atoms with Crippen LogP contribution in [0.5, 0.6) is 5.75 Å². The van der Waals surface area contributed by atoms with Crippen molar-refractivity contribution < 1.29 is 14.3 Å². The van der Waals surface area contributed by atoms with Gasteiger partial charge in [0.15, 0.2) is 0 Å². The molecule has 2 aromatic rings.